The van der Waals surface area contributed by atoms with Crippen LogP contribution in [0.4, 0.5) is 17.1 Å². The number of pyridine rings is 2. The number of nitrogens with zero attached hydrogens (tertiary/aromatic N) is 4. The molecule has 3 aromatic carbocycles. The Morgan fingerprint density at radius 3 is 2.37 bits per heavy atom. The third kappa shape index (κ3) is 5.55. The maximum atomic E-state index is 5.92. The van der Waals surface area contributed by atoms with Crippen molar-refractivity contribution in [3.63, 3.8) is 0 Å². The summed E-state index contributed by atoms with van der Waals surface area (Å²) >= 11 is 0. The zero-order valence-electron chi connectivity index (χ0n) is 23.7. The van der Waals surface area contributed by atoms with Crippen molar-refractivity contribution in [2.24, 2.45) is 0 Å². The Balaban J connectivity index is 0.000000182. The monoisotopic (exact) mass is 715 g/mol. The SMILES string of the molecule is CC(C)[N+]1=C=[N+](c2[c-]cc3c(c2)oc2ncccc23)c2ccccc21.Cc1c[c-]c(-c2cc(C)c(C)cn2)cc1.[Ir]. The summed E-state index contributed by atoms with van der Waals surface area (Å²) in [6.07, 6.45) is 3.66. The molecule has 0 spiro atoms. The minimum absolute atomic E-state index is 0. The molecule has 3 aromatic heterocycles. The molecule has 0 atom stereocenters. The standard InChI is InChI=1S/C21H16N3O.C14H14N.Ir/c1-14(2)23-13-24(19-8-4-3-7-18(19)23)15-9-10-16-17-6-5-11-22-21(17)25-20(16)12-15;1-10-4-6-13(7-5-10)14-8-11(2)12(3)9-15-14;/h3-8,10-12,14H,1-2H3;4-6,8-9H,1-3H3;/q+1;-1;. The third-order valence-electron chi connectivity index (χ3n) is 7.13. The molecule has 4 heterocycles. The summed E-state index contributed by atoms with van der Waals surface area (Å²) in [6, 6.07) is 34.9. The van der Waals surface area contributed by atoms with Gasteiger partial charge < -0.3 is 9.40 Å². The van der Waals surface area contributed by atoms with Crippen molar-refractivity contribution in [2.45, 2.75) is 40.7 Å². The summed E-state index contributed by atoms with van der Waals surface area (Å²) in [5.41, 5.74) is 10.4. The van der Waals surface area contributed by atoms with E-state index in [4.69, 9.17) is 4.42 Å². The van der Waals surface area contributed by atoms with E-state index in [9.17, 15) is 0 Å². The van der Waals surface area contributed by atoms with Gasteiger partial charge in [0.2, 0.25) is 5.71 Å². The van der Waals surface area contributed by atoms with Crippen molar-refractivity contribution < 1.29 is 29.1 Å². The van der Waals surface area contributed by atoms with Crippen molar-refractivity contribution in [3.05, 3.63) is 114 Å². The maximum absolute atomic E-state index is 5.92. The van der Waals surface area contributed by atoms with E-state index in [1.54, 1.807) is 6.20 Å². The predicted octanol–water partition coefficient (Wildman–Crippen LogP) is 8.33. The summed E-state index contributed by atoms with van der Waals surface area (Å²) < 4.78 is 10.1. The number of fused-ring (bicyclic) bond motifs is 4. The molecule has 0 N–H and O–H groups in total. The molecule has 6 heteroatoms. The minimum atomic E-state index is 0. The Labute approximate surface area is 253 Å². The first-order valence-corrected chi connectivity index (χ1v) is 13.4. The molecule has 6 aromatic rings. The van der Waals surface area contributed by atoms with E-state index < -0.39 is 0 Å². The molecular weight excluding hydrogens is 685 g/mol. The zero-order valence-corrected chi connectivity index (χ0v) is 26.1. The second-order valence-corrected chi connectivity index (χ2v) is 10.4. The predicted molar refractivity (Wildman–Crippen MR) is 161 cm³/mol. The minimum Gasteiger partial charge on any atom is -0.465 e. The normalized spacial score (nSPS) is 12.0. The second kappa shape index (κ2) is 11.7. The van der Waals surface area contributed by atoms with E-state index in [-0.39, 0.29) is 20.1 Å². The fraction of sp³-hybridized carbons (Fsp3) is 0.171. The van der Waals surface area contributed by atoms with Gasteiger partial charge in [-0.15, -0.1) is 41.5 Å². The van der Waals surface area contributed by atoms with Gasteiger partial charge in [0, 0.05) is 50.2 Å². The molecule has 1 aliphatic heterocycles. The fourth-order valence-corrected chi connectivity index (χ4v) is 4.75. The second-order valence-electron chi connectivity index (χ2n) is 10.4. The van der Waals surface area contributed by atoms with Crippen LogP contribution in [0.5, 0.6) is 0 Å². The molecule has 5 nitrogen and oxygen atoms in total. The van der Waals surface area contributed by atoms with Gasteiger partial charge in [0.15, 0.2) is 6.04 Å². The summed E-state index contributed by atoms with van der Waals surface area (Å²) in [7, 11) is 0. The number of rotatable bonds is 3. The van der Waals surface area contributed by atoms with E-state index in [0.717, 1.165) is 44.7 Å². The third-order valence-corrected chi connectivity index (χ3v) is 7.13. The van der Waals surface area contributed by atoms with Gasteiger partial charge in [0.25, 0.3) is 11.4 Å². The quantitative estimate of drug-likeness (QED) is 0.137. The molecule has 1 aliphatic rings. The van der Waals surface area contributed by atoms with Crippen LogP contribution in [-0.4, -0.2) is 26.6 Å². The molecule has 0 fully saturated rings. The van der Waals surface area contributed by atoms with Crippen LogP contribution < -0.4 is 4.58 Å². The van der Waals surface area contributed by atoms with E-state index in [2.05, 4.69) is 104 Å². The zero-order chi connectivity index (χ0) is 27.8. The summed E-state index contributed by atoms with van der Waals surface area (Å²) in [6.45, 7) is 10.6. The van der Waals surface area contributed by atoms with Gasteiger partial charge >= 0.3 is 6.01 Å². The van der Waals surface area contributed by atoms with Gasteiger partial charge in [-0.3, -0.25) is 0 Å². The Morgan fingerprint density at radius 2 is 1.63 bits per heavy atom. The number of furan rings is 1. The molecule has 0 aliphatic carbocycles. The van der Waals surface area contributed by atoms with Crippen LogP contribution in [0.15, 0.2) is 89.6 Å². The number of hydrogen-bond donors (Lipinski definition) is 0. The Kier molecular flexibility index (Phi) is 8.10. The Hall–Kier alpha value is -4.21. The van der Waals surface area contributed by atoms with Crippen LogP contribution in [0.2, 0.25) is 0 Å². The first-order chi connectivity index (χ1) is 19.4. The van der Waals surface area contributed by atoms with Crippen LogP contribution in [-0.2, 0) is 20.1 Å². The molecule has 0 amide bonds. The molecule has 0 saturated heterocycles. The van der Waals surface area contributed by atoms with Gasteiger partial charge in [-0.25, -0.2) is 4.98 Å². The van der Waals surface area contributed by atoms with Crippen LogP contribution in [0.1, 0.15) is 30.5 Å². The topological polar surface area (TPSA) is 44.9 Å². The maximum Gasteiger partial charge on any atom is 0.494 e. The summed E-state index contributed by atoms with van der Waals surface area (Å²) in [5, 5.41) is 2.04. The molecule has 0 bridgehead atoms. The van der Waals surface area contributed by atoms with Gasteiger partial charge in [0.05, 0.1) is 0 Å². The fourth-order valence-electron chi connectivity index (χ4n) is 4.75. The van der Waals surface area contributed by atoms with E-state index >= 15 is 0 Å². The Bertz CT molecular complexity index is 1950. The van der Waals surface area contributed by atoms with Crippen LogP contribution >= 0.6 is 0 Å². The van der Waals surface area contributed by atoms with Crippen molar-refractivity contribution in [2.75, 3.05) is 0 Å². The number of para-hydroxylation sites is 2. The first kappa shape index (κ1) is 28.3. The molecule has 205 valence electrons. The van der Waals surface area contributed by atoms with Gasteiger partial charge in [-0.2, -0.15) is 6.07 Å². The number of benzene rings is 3. The van der Waals surface area contributed by atoms with Crippen LogP contribution in [0.3, 0.4) is 0 Å². The molecule has 1 radical (unpaired) electrons. The number of aromatic nitrogens is 2. The van der Waals surface area contributed by atoms with Gasteiger partial charge in [-0.05, 0) is 50.4 Å². The molecular formula is C35H30IrN4O. The van der Waals surface area contributed by atoms with E-state index in [1.807, 2.05) is 47.2 Å². The number of aryl methyl sites for hydroxylation is 3. The van der Waals surface area contributed by atoms with Crippen molar-refractivity contribution in [3.8, 4) is 11.3 Å². The summed E-state index contributed by atoms with van der Waals surface area (Å²) in [4.78, 5) is 8.71. The average molecular weight is 715 g/mol. The van der Waals surface area contributed by atoms with Crippen molar-refractivity contribution in [1.82, 2.24) is 14.5 Å². The van der Waals surface area contributed by atoms with Crippen LogP contribution in [0, 0.1) is 32.9 Å². The molecule has 0 saturated carbocycles. The van der Waals surface area contributed by atoms with Gasteiger partial charge in [0.1, 0.15) is 5.69 Å². The van der Waals surface area contributed by atoms with Crippen molar-refractivity contribution >= 4 is 45.1 Å². The van der Waals surface area contributed by atoms with Crippen LogP contribution in [0.25, 0.3) is 33.3 Å². The summed E-state index contributed by atoms with van der Waals surface area (Å²) in [5.74, 6) is 0. The van der Waals surface area contributed by atoms with Gasteiger partial charge in [-0.1, -0.05) is 57.4 Å². The largest absolute Gasteiger partial charge is 0.494 e. The smallest absolute Gasteiger partial charge is 0.465 e. The Morgan fingerprint density at radius 1 is 0.829 bits per heavy atom. The average Bonchev–Trinajstić information content (AvgIpc) is 3.54. The molecule has 0 unspecified atom stereocenters. The first-order valence-electron chi connectivity index (χ1n) is 13.4. The van der Waals surface area contributed by atoms with Crippen molar-refractivity contribution in [1.29, 1.82) is 0 Å². The molecule has 41 heavy (non-hydrogen) atoms. The van der Waals surface area contributed by atoms with E-state index in [0.29, 0.717) is 11.8 Å². The number of hydrogen-bond acceptors (Lipinski definition) is 3. The van der Waals surface area contributed by atoms with E-state index in [1.165, 1.54) is 16.7 Å². The molecule has 7 rings (SSSR count).